The van der Waals surface area contributed by atoms with Crippen molar-refractivity contribution in [2.75, 3.05) is 13.1 Å². The van der Waals surface area contributed by atoms with Gasteiger partial charge in [0.2, 0.25) is 0 Å². The molecule has 2 heteroatoms. The molecule has 21 heavy (non-hydrogen) atoms. The van der Waals surface area contributed by atoms with Crippen molar-refractivity contribution in [3.8, 4) is 0 Å². The fourth-order valence-corrected chi connectivity index (χ4v) is 4.11. The zero-order chi connectivity index (χ0) is 14.8. The molecule has 1 atom stereocenters. The molecule has 1 aliphatic heterocycles. The zero-order valence-electron chi connectivity index (χ0n) is 13.4. The number of rotatable bonds is 4. The fraction of sp³-hybridized carbons (Fsp3) is 0.632. The second kappa shape index (κ2) is 6.31. The zero-order valence-corrected chi connectivity index (χ0v) is 13.4. The SMILES string of the molecule is Cc1ccc(C(=O)CN2CCCC2C2CCCC2)cc1C. The summed E-state index contributed by atoms with van der Waals surface area (Å²) in [5, 5.41) is 0. The molecule has 2 nitrogen and oxygen atoms in total. The number of benzene rings is 1. The molecule has 0 radical (unpaired) electrons. The molecule has 0 aromatic heterocycles. The van der Waals surface area contributed by atoms with Crippen LogP contribution in [-0.2, 0) is 0 Å². The lowest BCUT2D eigenvalue weighted by atomic mass is 9.95. The Balaban J connectivity index is 1.67. The van der Waals surface area contributed by atoms with Crippen LogP contribution < -0.4 is 0 Å². The lowest BCUT2D eigenvalue weighted by molar-refractivity contribution is 0.0896. The molecule has 0 amide bonds. The molecule has 1 unspecified atom stereocenters. The number of nitrogens with zero attached hydrogens (tertiary/aromatic N) is 1. The van der Waals surface area contributed by atoms with Gasteiger partial charge < -0.3 is 0 Å². The van der Waals surface area contributed by atoms with Crippen molar-refractivity contribution >= 4 is 5.78 Å². The van der Waals surface area contributed by atoms with Crippen molar-refractivity contribution in [3.05, 3.63) is 34.9 Å². The van der Waals surface area contributed by atoms with Gasteiger partial charge in [-0.25, -0.2) is 0 Å². The summed E-state index contributed by atoms with van der Waals surface area (Å²) in [6.45, 7) is 5.91. The van der Waals surface area contributed by atoms with Gasteiger partial charge in [-0.2, -0.15) is 0 Å². The standard InChI is InChI=1S/C19H27NO/c1-14-9-10-17(12-15(14)2)19(21)13-20-11-5-8-18(20)16-6-3-4-7-16/h9-10,12,16,18H,3-8,11,13H2,1-2H3. The number of carbonyl (C=O) groups is 1. The Kier molecular flexibility index (Phi) is 4.44. The van der Waals surface area contributed by atoms with E-state index in [1.807, 2.05) is 6.07 Å². The van der Waals surface area contributed by atoms with Crippen molar-refractivity contribution in [1.29, 1.82) is 0 Å². The summed E-state index contributed by atoms with van der Waals surface area (Å²) in [5.74, 6) is 1.14. The Morgan fingerprint density at radius 3 is 2.57 bits per heavy atom. The molecule has 114 valence electrons. The van der Waals surface area contributed by atoms with E-state index in [-0.39, 0.29) is 0 Å². The Labute approximate surface area is 128 Å². The first-order chi connectivity index (χ1) is 10.1. The van der Waals surface area contributed by atoms with Crippen molar-refractivity contribution < 1.29 is 4.79 Å². The van der Waals surface area contributed by atoms with Crippen molar-refractivity contribution in [2.24, 2.45) is 5.92 Å². The minimum Gasteiger partial charge on any atom is -0.293 e. The van der Waals surface area contributed by atoms with E-state index in [1.54, 1.807) is 0 Å². The van der Waals surface area contributed by atoms with Gasteiger partial charge in [0.25, 0.3) is 0 Å². The number of likely N-dealkylation sites (tertiary alicyclic amines) is 1. The van der Waals surface area contributed by atoms with E-state index in [1.165, 1.54) is 49.7 Å². The molecule has 1 aromatic rings. The molecule has 2 aliphatic rings. The maximum Gasteiger partial charge on any atom is 0.176 e. The number of hydrogen-bond donors (Lipinski definition) is 0. The Morgan fingerprint density at radius 2 is 1.86 bits per heavy atom. The topological polar surface area (TPSA) is 20.3 Å². The molecule has 3 rings (SSSR count). The number of aryl methyl sites for hydroxylation is 2. The van der Waals surface area contributed by atoms with Crippen LogP contribution in [0.5, 0.6) is 0 Å². The van der Waals surface area contributed by atoms with E-state index >= 15 is 0 Å². The molecule has 1 heterocycles. The summed E-state index contributed by atoms with van der Waals surface area (Å²) in [7, 11) is 0. The van der Waals surface area contributed by atoms with E-state index in [0.717, 1.165) is 18.0 Å². The summed E-state index contributed by atoms with van der Waals surface area (Å²) >= 11 is 0. The molecule has 0 spiro atoms. The largest absolute Gasteiger partial charge is 0.293 e. The van der Waals surface area contributed by atoms with Crippen LogP contribution in [0.25, 0.3) is 0 Å². The van der Waals surface area contributed by atoms with Gasteiger partial charge >= 0.3 is 0 Å². The van der Waals surface area contributed by atoms with Crippen LogP contribution in [0.3, 0.4) is 0 Å². The highest BCUT2D eigenvalue weighted by molar-refractivity contribution is 5.97. The summed E-state index contributed by atoms with van der Waals surface area (Å²) in [4.78, 5) is 15.0. The van der Waals surface area contributed by atoms with Crippen LogP contribution in [0, 0.1) is 19.8 Å². The maximum absolute atomic E-state index is 12.6. The van der Waals surface area contributed by atoms with Crippen molar-refractivity contribution in [3.63, 3.8) is 0 Å². The molecule has 1 saturated heterocycles. The van der Waals surface area contributed by atoms with Gasteiger partial charge in [-0.05, 0) is 69.2 Å². The molecular formula is C19H27NO. The normalized spacial score (nSPS) is 23.8. The summed E-state index contributed by atoms with van der Waals surface area (Å²) in [5.41, 5.74) is 3.36. The summed E-state index contributed by atoms with van der Waals surface area (Å²) < 4.78 is 0. The second-order valence-electron chi connectivity index (χ2n) is 6.95. The quantitative estimate of drug-likeness (QED) is 0.775. The van der Waals surface area contributed by atoms with Gasteiger partial charge in [0.15, 0.2) is 5.78 Å². The highest BCUT2D eigenvalue weighted by Gasteiger charge is 2.34. The summed E-state index contributed by atoms with van der Waals surface area (Å²) in [6, 6.07) is 6.79. The predicted octanol–water partition coefficient (Wildman–Crippen LogP) is 4.14. The van der Waals surface area contributed by atoms with E-state index in [0.29, 0.717) is 18.4 Å². The van der Waals surface area contributed by atoms with Crippen LogP contribution >= 0.6 is 0 Å². The first kappa shape index (κ1) is 14.8. The summed E-state index contributed by atoms with van der Waals surface area (Å²) in [6.07, 6.45) is 8.09. The molecular weight excluding hydrogens is 258 g/mol. The first-order valence-electron chi connectivity index (χ1n) is 8.49. The lowest BCUT2D eigenvalue weighted by Gasteiger charge is -2.28. The third-order valence-electron chi connectivity index (χ3n) is 5.53. The van der Waals surface area contributed by atoms with E-state index < -0.39 is 0 Å². The first-order valence-corrected chi connectivity index (χ1v) is 8.49. The van der Waals surface area contributed by atoms with Gasteiger partial charge in [-0.1, -0.05) is 25.0 Å². The van der Waals surface area contributed by atoms with Crippen LogP contribution in [0.2, 0.25) is 0 Å². The fourth-order valence-electron chi connectivity index (χ4n) is 4.11. The maximum atomic E-state index is 12.6. The number of carbonyl (C=O) groups excluding carboxylic acids is 1. The minimum absolute atomic E-state index is 0.294. The smallest absolute Gasteiger partial charge is 0.176 e. The second-order valence-corrected chi connectivity index (χ2v) is 6.95. The van der Waals surface area contributed by atoms with E-state index in [2.05, 4.69) is 30.9 Å². The molecule has 1 aromatic carbocycles. The number of hydrogen-bond acceptors (Lipinski definition) is 2. The van der Waals surface area contributed by atoms with Crippen LogP contribution in [0.4, 0.5) is 0 Å². The third-order valence-corrected chi connectivity index (χ3v) is 5.53. The van der Waals surface area contributed by atoms with E-state index in [9.17, 15) is 4.79 Å². The third kappa shape index (κ3) is 3.21. The Bertz CT molecular complexity index is 516. The molecule has 2 fully saturated rings. The average molecular weight is 285 g/mol. The lowest BCUT2D eigenvalue weighted by Crippen LogP contribution is -2.38. The highest BCUT2D eigenvalue weighted by atomic mass is 16.1. The number of Topliss-reactive ketones (excluding diaryl/α,β-unsaturated/α-hetero) is 1. The van der Waals surface area contributed by atoms with Gasteiger partial charge in [0.05, 0.1) is 6.54 Å². The monoisotopic (exact) mass is 285 g/mol. The Morgan fingerprint density at radius 1 is 1.10 bits per heavy atom. The van der Waals surface area contributed by atoms with Gasteiger partial charge in [0.1, 0.15) is 0 Å². The number of ketones is 1. The van der Waals surface area contributed by atoms with Crippen LogP contribution in [0.1, 0.15) is 60.0 Å². The van der Waals surface area contributed by atoms with Gasteiger partial charge in [-0.3, -0.25) is 9.69 Å². The van der Waals surface area contributed by atoms with Crippen molar-refractivity contribution in [2.45, 2.75) is 58.4 Å². The highest BCUT2D eigenvalue weighted by Crippen LogP contribution is 2.35. The molecule has 0 N–H and O–H groups in total. The van der Waals surface area contributed by atoms with E-state index in [4.69, 9.17) is 0 Å². The molecule has 1 saturated carbocycles. The predicted molar refractivity (Wildman–Crippen MR) is 86.8 cm³/mol. The average Bonchev–Trinajstić information content (AvgIpc) is 3.12. The minimum atomic E-state index is 0.294. The van der Waals surface area contributed by atoms with Gasteiger partial charge in [-0.15, -0.1) is 0 Å². The van der Waals surface area contributed by atoms with Crippen LogP contribution in [-0.4, -0.2) is 29.8 Å². The Hall–Kier alpha value is -1.15. The molecule has 1 aliphatic carbocycles. The van der Waals surface area contributed by atoms with Crippen molar-refractivity contribution in [1.82, 2.24) is 4.90 Å². The molecule has 0 bridgehead atoms. The van der Waals surface area contributed by atoms with Gasteiger partial charge in [0, 0.05) is 11.6 Å². The van der Waals surface area contributed by atoms with Crippen LogP contribution in [0.15, 0.2) is 18.2 Å².